The van der Waals surface area contributed by atoms with Crippen molar-refractivity contribution in [3.05, 3.63) is 52.8 Å². The zero-order valence-corrected chi connectivity index (χ0v) is 11.4. The molecule has 0 aliphatic rings. The van der Waals surface area contributed by atoms with Crippen molar-refractivity contribution in [1.82, 2.24) is 15.0 Å². The number of nitrogens with one attached hydrogen (secondary N) is 1. The summed E-state index contributed by atoms with van der Waals surface area (Å²) in [6, 6.07) is 6.50. The molecule has 1 aromatic carbocycles. The number of hydrogen-bond acceptors (Lipinski definition) is 3. The molecule has 0 saturated heterocycles. The molecule has 0 aliphatic heterocycles. The molecule has 0 radical (unpaired) electrons. The number of aromatic nitrogens is 3. The van der Waals surface area contributed by atoms with Crippen LogP contribution in [0.25, 0.3) is 11.0 Å². The number of H-pyrrole nitrogens is 1. The third-order valence-electron chi connectivity index (χ3n) is 3.05. The van der Waals surface area contributed by atoms with E-state index in [-0.39, 0.29) is 5.82 Å². The smallest absolute Gasteiger partial charge is 0.156 e. The molecule has 0 aliphatic carbocycles. The molecule has 2 aromatic heterocycles. The summed E-state index contributed by atoms with van der Waals surface area (Å²) in [4.78, 5) is 11.4. The minimum atomic E-state index is -0.325. The van der Waals surface area contributed by atoms with Crippen molar-refractivity contribution >= 4 is 22.6 Å². The number of benzene rings is 1. The molecule has 3 rings (SSSR count). The van der Waals surface area contributed by atoms with Crippen LogP contribution in [-0.2, 0) is 6.42 Å². The van der Waals surface area contributed by atoms with Crippen molar-refractivity contribution in [1.29, 1.82) is 0 Å². The van der Waals surface area contributed by atoms with Crippen molar-refractivity contribution < 1.29 is 9.13 Å². The second-order valence-corrected chi connectivity index (χ2v) is 4.64. The molecule has 0 bridgehead atoms. The predicted octanol–water partition coefficient (Wildman–Crippen LogP) is 3.35. The Morgan fingerprint density at radius 2 is 2.20 bits per heavy atom. The molecule has 0 spiro atoms. The Balaban J connectivity index is 2.03. The van der Waals surface area contributed by atoms with E-state index >= 15 is 0 Å². The van der Waals surface area contributed by atoms with E-state index in [1.807, 2.05) is 0 Å². The summed E-state index contributed by atoms with van der Waals surface area (Å²) in [5.41, 5.74) is 1.81. The van der Waals surface area contributed by atoms with Gasteiger partial charge in [-0.1, -0.05) is 17.7 Å². The van der Waals surface area contributed by atoms with Crippen molar-refractivity contribution in [2.75, 3.05) is 7.11 Å². The molecule has 20 heavy (non-hydrogen) atoms. The molecule has 0 atom stereocenters. The topological polar surface area (TPSA) is 50.8 Å². The van der Waals surface area contributed by atoms with Crippen LogP contribution in [0, 0.1) is 5.82 Å². The predicted molar refractivity (Wildman–Crippen MR) is 74.7 cm³/mol. The summed E-state index contributed by atoms with van der Waals surface area (Å²) < 4.78 is 19.1. The summed E-state index contributed by atoms with van der Waals surface area (Å²) in [6.45, 7) is 0. The molecule has 3 aromatic rings. The first kappa shape index (κ1) is 12.9. The fourth-order valence-electron chi connectivity index (χ4n) is 2.11. The molecular weight excluding hydrogens is 281 g/mol. The number of rotatable bonds is 3. The molecule has 4 nitrogen and oxygen atoms in total. The Hall–Kier alpha value is -2.14. The SMILES string of the molecule is COc1cccc(F)c1Cc1nc2c(Cl)nccc2[nH]1. The van der Waals surface area contributed by atoms with Gasteiger partial charge in [0.25, 0.3) is 0 Å². The highest BCUT2D eigenvalue weighted by molar-refractivity contribution is 6.33. The van der Waals surface area contributed by atoms with Gasteiger partial charge in [-0.15, -0.1) is 0 Å². The van der Waals surface area contributed by atoms with Crippen LogP contribution in [-0.4, -0.2) is 22.1 Å². The quantitative estimate of drug-likeness (QED) is 0.753. The van der Waals surface area contributed by atoms with Crippen LogP contribution in [0.3, 0.4) is 0 Å². The standard InChI is InChI=1S/C14H11ClFN3O/c1-20-11-4-2-3-9(16)8(11)7-12-18-10-5-6-17-14(15)13(10)19-12/h2-6H,7H2,1H3,(H,18,19). The van der Waals surface area contributed by atoms with Crippen molar-refractivity contribution in [2.45, 2.75) is 6.42 Å². The lowest BCUT2D eigenvalue weighted by Gasteiger charge is -2.07. The number of methoxy groups -OCH3 is 1. The zero-order valence-electron chi connectivity index (χ0n) is 10.7. The van der Waals surface area contributed by atoms with Crippen LogP contribution in [0.1, 0.15) is 11.4 Å². The van der Waals surface area contributed by atoms with Gasteiger partial charge in [0.15, 0.2) is 5.15 Å². The summed E-state index contributed by atoms with van der Waals surface area (Å²) in [5.74, 6) is 0.780. The second kappa shape index (κ2) is 5.09. The highest BCUT2D eigenvalue weighted by Crippen LogP contribution is 2.25. The number of halogens is 2. The molecule has 6 heteroatoms. The maximum atomic E-state index is 13.9. The van der Waals surface area contributed by atoms with E-state index in [1.165, 1.54) is 13.2 Å². The van der Waals surface area contributed by atoms with Gasteiger partial charge in [-0.05, 0) is 18.2 Å². The van der Waals surface area contributed by atoms with Crippen LogP contribution in [0.2, 0.25) is 5.15 Å². The first-order chi connectivity index (χ1) is 9.69. The molecule has 0 amide bonds. The maximum Gasteiger partial charge on any atom is 0.156 e. The number of ether oxygens (including phenoxy) is 1. The average Bonchev–Trinajstić information content (AvgIpc) is 2.85. The molecule has 0 saturated carbocycles. The van der Waals surface area contributed by atoms with E-state index < -0.39 is 0 Å². The van der Waals surface area contributed by atoms with Gasteiger partial charge in [-0.3, -0.25) is 0 Å². The van der Waals surface area contributed by atoms with Gasteiger partial charge in [0.2, 0.25) is 0 Å². The largest absolute Gasteiger partial charge is 0.496 e. The minimum Gasteiger partial charge on any atom is -0.496 e. The second-order valence-electron chi connectivity index (χ2n) is 4.28. The van der Waals surface area contributed by atoms with Crippen LogP contribution in [0.15, 0.2) is 30.5 Å². The third kappa shape index (κ3) is 2.20. The number of imidazole rings is 1. The van der Waals surface area contributed by atoms with Gasteiger partial charge in [0.05, 0.1) is 12.6 Å². The van der Waals surface area contributed by atoms with Gasteiger partial charge in [-0.2, -0.15) is 0 Å². The lowest BCUT2D eigenvalue weighted by molar-refractivity contribution is 0.405. The van der Waals surface area contributed by atoms with Crippen LogP contribution >= 0.6 is 11.6 Å². The fraction of sp³-hybridized carbons (Fsp3) is 0.143. The van der Waals surface area contributed by atoms with Gasteiger partial charge in [0, 0.05) is 18.2 Å². The van der Waals surface area contributed by atoms with E-state index in [9.17, 15) is 4.39 Å². The minimum absolute atomic E-state index is 0.293. The molecule has 0 unspecified atom stereocenters. The van der Waals surface area contributed by atoms with E-state index in [0.717, 1.165) is 5.52 Å². The van der Waals surface area contributed by atoms with Crippen LogP contribution in [0.4, 0.5) is 4.39 Å². The van der Waals surface area contributed by atoms with Crippen molar-refractivity contribution in [2.24, 2.45) is 0 Å². The van der Waals surface area contributed by atoms with Crippen molar-refractivity contribution in [3.63, 3.8) is 0 Å². The van der Waals surface area contributed by atoms with E-state index in [2.05, 4.69) is 15.0 Å². The van der Waals surface area contributed by atoms with E-state index in [4.69, 9.17) is 16.3 Å². The monoisotopic (exact) mass is 291 g/mol. The Kier molecular flexibility index (Phi) is 3.28. The number of aromatic amines is 1. The average molecular weight is 292 g/mol. The fourth-order valence-corrected chi connectivity index (χ4v) is 2.31. The zero-order chi connectivity index (χ0) is 14.1. The van der Waals surface area contributed by atoms with Crippen molar-refractivity contribution in [3.8, 4) is 5.75 Å². The van der Waals surface area contributed by atoms with Crippen LogP contribution < -0.4 is 4.74 Å². The highest BCUT2D eigenvalue weighted by Gasteiger charge is 2.13. The summed E-state index contributed by atoms with van der Waals surface area (Å²) in [5, 5.41) is 0.325. The summed E-state index contributed by atoms with van der Waals surface area (Å²) >= 11 is 5.97. The Labute approximate surface area is 119 Å². The Morgan fingerprint density at radius 1 is 1.35 bits per heavy atom. The number of nitrogens with zero attached hydrogens (tertiary/aromatic N) is 2. The first-order valence-electron chi connectivity index (χ1n) is 5.99. The highest BCUT2D eigenvalue weighted by atomic mass is 35.5. The number of pyridine rings is 1. The summed E-state index contributed by atoms with van der Waals surface area (Å²) in [7, 11) is 1.51. The third-order valence-corrected chi connectivity index (χ3v) is 3.32. The summed E-state index contributed by atoms with van der Waals surface area (Å²) in [6.07, 6.45) is 1.89. The Bertz CT molecular complexity index is 772. The van der Waals surface area contributed by atoms with E-state index in [0.29, 0.717) is 34.2 Å². The maximum absolute atomic E-state index is 13.9. The number of fused-ring (bicyclic) bond motifs is 1. The molecular formula is C14H11ClFN3O. The van der Waals surface area contributed by atoms with Gasteiger partial charge < -0.3 is 9.72 Å². The van der Waals surface area contributed by atoms with Gasteiger partial charge in [-0.25, -0.2) is 14.4 Å². The van der Waals surface area contributed by atoms with Gasteiger partial charge in [0.1, 0.15) is 22.9 Å². The number of hydrogen-bond donors (Lipinski definition) is 1. The Morgan fingerprint density at radius 3 is 2.95 bits per heavy atom. The molecule has 102 valence electrons. The van der Waals surface area contributed by atoms with Gasteiger partial charge >= 0.3 is 0 Å². The molecule has 2 heterocycles. The van der Waals surface area contributed by atoms with E-state index in [1.54, 1.807) is 24.4 Å². The van der Waals surface area contributed by atoms with Crippen LogP contribution in [0.5, 0.6) is 5.75 Å². The lowest BCUT2D eigenvalue weighted by Crippen LogP contribution is -1.98. The molecule has 0 fully saturated rings. The molecule has 1 N–H and O–H groups in total. The lowest BCUT2D eigenvalue weighted by atomic mass is 10.1. The normalized spacial score (nSPS) is 10.9. The first-order valence-corrected chi connectivity index (χ1v) is 6.37.